The Kier molecular flexibility index (Phi) is 4.08. The average molecular weight is 336 g/mol. The lowest BCUT2D eigenvalue weighted by molar-refractivity contribution is 0.101. The number of halogens is 1. The number of hydrogen-bond donors (Lipinski definition) is 2. The van der Waals surface area contributed by atoms with Crippen LogP contribution in [0.15, 0.2) is 40.4 Å². The number of ketones is 1. The summed E-state index contributed by atoms with van der Waals surface area (Å²) in [5.74, 6) is 0.103. The first-order valence-corrected chi connectivity index (χ1v) is 7.50. The molecule has 0 aliphatic carbocycles. The predicted molar refractivity (Wildman–Crippen MR) is 82.2 cm³/mol. The Bertz CT molecular complexity index is 820. The SMILES string of the molecule is O=C(/C=C(/O)c1ncn[nH]1)c1ccc(Cc2ccsc2Cl)o1. The third-order valence-corrected chi connectivity index (χ3v) is 4.14. The van der Waals surface area contributed by atoms with Crippen LogP contribution in [-0.2, 0) is 6.42 Å². The molecule has 0 fully saturated rings. The molecule has 8 heteroatoms. The molecule has 3 heterocycles. The number of aliphatic hydroxyl groups excluding tert-OH is 1. The van der Waals surface area contributed by atoms with Gasteiger partial charge in [-0.3, -0.25) is 9.89 Å². The molecule has 3 aromatic rings. The second kappa shape index (κ2) is 6.17. The zero-order valence-corrected chi connectivity index (χ0v) is 12.7. The van der Waals surface area contributed by atoms with Gasteiger partial charge in [-0.2, -0.15) is 5.10 Å². The van der Waals surface area contributed by atoms with Crippen LogP contribution in [0.2, 0.25) is 4.34 Å². The van der Waals surface area contributed by atoms with Gasteiger partial charge < -0.3 is 9.52 Å². The second-order valence-electron chi connectivity index (χ2n) is 4.39. The molecule has 0 saturated carbocycles. The molecule has 0 aromatic carbocycles. The summed E-state index contributed by atoms with van der Waals surface area (Å²) in [7, 11) is 0. The maximum Gasteiger partial charge on any atom is 0.224 e. The van der Waals surface area contributed by atoms with Crippen LogP contribution in [0, 0.1) is 0 Å². The Morgan fingerprint density at radius 2 is 2.32 bits per heavy atom. The van der Waals surface area contributed by atoms with Crippen LogP contribution in [0.4, 0.5) is 0 Å². The zero-order chi connectivity index (χ0) is 15.5. The minimum absolute atomic E-state index is 0.116. The summed E-state index contributed by atoms with van der Waals surface area (Å²) in [5.41, 5.74) is 0.945. The van der Waals surface area contributed by atoms with Crippen molar-refractivity contribution in [2.75, 3.05) is 0 Å². The zero-order valence-electron chi connectivity index (χ0n) is 11.1. The number of aliphatic hydroxyl groups is 1. The first-order chi connectivity index (χ1) is 10.6. The van der Waals surface area contributed by atoms with E-state index in [-0.39, 0.29) is 17.3 Å². The van der Waals surface area contributed by atoms with Crippen LogP contribution >= 0.6 is 22.9 Å². The normalized spacial score (nSPS) is 11.8. The van der Waals surface area contributed by atoms with E-state index in [0.717, 1.165) is 11.6 Å². The van der Waals surface area contributed by atoms with Gasteiger partial charge in [-0.05, 0) is 29.1 Å². The van der Waals surface area contributed by atoms with E-state index in [9.17, 15) is 9.90 Å². The Hall–Kier alpha value is -2.38. The van der Waals surface area contributed by atoms with Crippen molar-refractivity contribution in [1.82, 2.24) is 15.2 Å². The molecule has 6 nitrogen and oxygen atoms in total. The Labute approximate surface area is 134 Å². The van der Waals surface area contributed by atoms with Crippen LogP contribution < -0.4 is 0 Å². The molecule has 0 aliphatic heterocycles. The van der Waals surface area contributed by atoms with E-state index >= 15 is 0 Å². The minimum Gasteiger partial charge on any atom is -0.504 e. The van der Waals surface area contributed by atoms with E-state index in [1.54, 1.807) is 12.1 Å². The van der Waals surface area contributed by atoms with E-state index in [1.165, 1.54) is 17.7 Å². The molecule has 22 heavy (non-hydrogen) atoms. The van der Waals surface area contributed by atoms with Crippen molar-refractivity contribution in [2.24, 2.45) is 0 Å². The number of furan rings is 1. The monoisotopic (exact) mass is 335 g/mol. The molecular weight excluding hydrogens is 326 g/mol. The molecule has 0 saturated heterocycles. The van der Waals surface area contributed by atoms with E-state index in [0.29, 0.717) is 16.5 Å². The lowest BCUT2D eigenvalue weighted by Crippen LogP contribution is -1.96. The molecule has 0 spiro atoms. The fraction of sp³-hybridized carbons (Fsp3) is 0.0714. The van der Waals surface area contributed by atoms with Gasteiger partial charge >= 0.3 is 0 Å². The molecular formula is C14H10ClN3O3S. The fourth-order valence-electron chi connectivity index (χ4n) is 1.83. The Balaban J connectivity index is 1.75. The van der Waals surface area contributed by atoms with Crippen LogP contribution in [0.5, 0.6) is 0 Å². The summed E-state index contributed by atoms with van der Waals surface area (Å²) in [6.07, 6.45) is 2.77. The number of aromatic amines is 1. The van der Waals surface area contributed by atoms with Gasteiger partial charge in [-0.1, -0.05) is 11.6 Å². The standard InChI is InChI=1S/C14H10ClN3O3S/c15-13-8(3-4-22-13)5-9-1-2-12(21-9)10(19)6-11(20)14-16-7-17-18-14/h1-4,6-7,20H,5H2,(H,16,17,18)/b11-6+. The van der Waals surface area contributed by atoms with Crippen LogP contribution in [0.25, 0.3) is 5.76 Å². The topological polar surface area (TPSA) is 92.0 Å². The maximum atomic E-state index is 12.0. The predicted octanol–water partition coefficient (Wildman–Crippen LogP) is 3.49. The van der Waals surface area contributed by atoms with E-state index < -0.39 is 5.78 Å². The maximum absolute atomic E-state index is 12.0. The lowest BCUT2D eigenvalue weighted by atomic mass is 10.2. The largest absolute Gasteiger partial charge is 0.504 e. The molecule has 112 valence electrons. The van der Waals surface area contributed by atoms with Gasteiger partial charge in [0.1, 0.15) is 12.1 Å². The highest BCUT2D eigenvalue weighted by Crippen LogP contribution is 2.26. The van der Waals surface area contributed by atoms with Gasteiger partial charge in [0.15, 0.2) is 17.3 Å². The summed E-state index contributed by atoms with van der Waals surface area (Å²) in [4.78, 5) is 15.8. The van der Waals surface area contributed by atoms with Crippen molar-refractivity contribution in [3.05, 3.63) is 63.2 Å². The fourth-order valence-corrected chi connectivity index (χ4v) is 2.76. The molecule has 3 aromatic heterocycles. The molecule has 0 bridgehead atoms. The summed E-state index contributed by atoms with van der Waals surface area (Å²) in [6, 6.07) is 5.18. The van der Waals surface area contributed by atoms with Crippen LogP contribution in [0.3, 0.4) is 0 Å². The molecule has 0 aliphatic rings. The average Bonchev–Trinajstić information content (AvgIpc) is 3.22. The third-order valence-electron chi connectivity index (χ3n) is 2.89. The molecule has 3 rings (SSSR count). The van der Waals surface area contributed by atoms with Gasteiger partial charge in [-0.25, -0.2) is 4.98 Å². The van der Waals surface area contributed by atoms with Crippen molar-refractivity contribution < 1.29 is 14.3 Å². The van der Waals surface area contributed by atoms with Gasteiger partial charge in [0.25, 0.3) is 0 Å². The number of aromatic nitrogens is 3. The number of rotatable bonds is 5. The third kappa shape index (κ3) is 3.10. The smallest absolute Gasteiger partial charge is 0.224 e. The number of H-pyrrole nitrogens is 1. The van der Waals surface area contributed by atoms with Gasteiger partial charge in [0.05, 0.1) is 4.34 Å². The first-order valence-electron chi connectivity index (χ1n) is 6.25. The van der Waals surface area contributed by atoms with Gasteiger partial charge in [0.2, 0.25) is 5.78 Å². The number of allylic oxidation sites excluding steroid dienone is 1. The van der Waals surface area contributed by atoms with Crippen molar-refractivity contribution >= 4 is 34.5 Å². The number of carbonyl (C=O) groups is 1. The molecule has 0 radical (unpaired) electrons. The highest BCUT2D eigenvalue weighted by molar-refractivity contribution is 7.14. The first kappa shape index (κ1) is 14.6. The van der Waals surface area contributed by atoms with Gasteiger partial charge in [0, 0.05) is 12.5 Å². The summed E-state index contributed by atoms with van der Waals surface area (Å²) in [5, 5.41) is 17.7. The van der Waals surface area contributed by atoms with Crippen molar-refractivity contribution in [2.45, 2.75) is 6.42 Å². The highest BCUT2D eigenvalue weighted by atomic mass is 35.5. The quantitative estimate of drug-likeness (QED) is 0.423. The van der Waals surface area contributed by atoms with Gasteiger partial charge in [-0.15, -0.1) is 11.3 Å². The van der Waals surface area contributed by atoms with E-state index in [2.05, 4.69) is 15.2 Å². The highest BCUT2D eigenvalue weighted by Gasteiger charge is 2.13. The lowest BCUT2D eigenvalue weighted by Gasteiger charge is -1.96. The van der Waals surface area contributed by atoms with Crippen molar-refractivity contribution in [1.29, 1.82) is 0 Å². The Morgan fingerprint density at radius 3 is 3.00 bits per heavy atom. The Morgan fingerprint density at radius 1 is 1.45 bits per heavy atom. The minimum atomic E-state index is -0.462. The summed E-state index contributed by atoms with van der Waals surface area (Å²) >= 11 is 7.48. The summed E-state index contributed by atoms with van der Waals surface area (Å²) in [6.45, 7) is 0. The second-order valence-corrected chi connectivity index (χ2v) is 5.91. The molecule has 0 atom stereocenters. The van der Waals surface area contributed by atoms with Crippen molar-refractivity contribution in [3.63, 3.8) is 0 Å². The number of hydrogen-bond acceptors (Lipinski definition) is 6. The van der Waals surface area contributed by atoms with Crippen molar-refractivity contribution in [3.8, 4) is 0 Å². The number of nitrogens with one attached hydrogen (secondary N) is 1. The number of thiophene rings is 1. The van der Waals surface area contributed by atoms with E-state index in [4.69, 9.17) is 16.0 Å². The molecule has 2 N–H and O–H groups in total. The number of carbonyl (C=O) groups excluding carboxylic acids is 1. The summed E-state index contributed by atoms with van der Waals surface area (Å²) < 4.78 is 6.19. The van der Waals surface area contributed by atoms with Crippen LogP contribution in [-0.4, -0.2) is 26.1 Å². The van der Waals surface area contributed by atoms with Crippen LogP contribution in [0.1, 0.15) is 27.7 Å². The van der Waals surface area contributed by atoms with E-state index in [1.807, 2.05) is 11.4 Å². The molecule has 0 amide bonds. The molecule has 0 unspecified atom stereocenters. The number of nitrogens with zero attached hydrogens (tertiary/aromatic N) is 2.